The highest BCUT2D eigenvalue weighted by atomic mass is 32.2. The maximum Gasteiger partial charge on any atom is 0.102 e. The van der Waals surface area contributed by atoms with Crippen LogP contribution in [0.4, 0.5) is 5.69 Å². The lowest BCUT2D eigenvalue weighted by Crippen LogP contribution is -2.11. The van der Waals surface area contributed by atoms with Gasteiger partial charge in [-0.3, -0.25) is 0 Å². The van der Waals surface area contributed by atoms with Crippen LogP contribution < -0.4 is 5.32 Å². The van der Waals surface area contributed by atoms with Gasteiger partial charge in [0, 0.05) is 11.4 Å². The summed E-state index contributed by atoms with van der Waals surface area (Å²) in [7, 11) is 0. The molecular weight excluding hydrogens is 216 g/mol. The molecule has 1 unspecified atom stereocenters. The standard InChI is InChI=1S/C13H18N2S/c1-4-10(2)9-15-12-6-5-7-13(16-3)11(12)8-14/h5-7,10,15H,4,9H2,1-3H3. The van der Waals surface area contributed by atoms with Crippen molar-refractivity contribution in [1.29, 1.82) is 5.26 Å². The quantitative estimate of drug-likeness (QED) is 0.788. The van der Waals surface area contributed by atoms with Crippen molar-refractivity contribution in [3.63, 3.8) is 0 Å². The van der Waals surface area contributed by atoms with E-state index in [2.05, 4.69) is 25.2 Å². The van der Waals surface area contributed by atoms with E-state index in [9.17, 15) is 0 Å². The average Bonchev–Trinajstić information content (AvgIpc) is 2.34. The summed E-state index contributed by atoms with van der Waals surface area (Å²) >= 11 is 1.61. The second kappa shape index (κ2) is 6.44. The van der Waals surface area contributed by atoms with Gasteiger partial charge < -0.3 is 5.32 Å². The molecule has 0 spiro atoms. The molecule has 0 amide bonds. The summed E-state index contributed by atoms with van der Waals surface area (Å²) in [5.74, 6) is 0.629. The Hall–Kier alpha value is -1.14. The zero-order valence-corrected chi connectivity index (χ0v) is 10.9. The minimum absolute atomic E-state index is 0.629. The molecule has 0 aliphatic carbocycles. The number of thioether (sulfide) groups is 1. The SMILES string of the molecule is CCC(C)CNc1cccc(SC)c1C#N. The van der Waals surface area contributed by atoms with Crippen molar-refractivity contribution in [3.8, 4) is 6.07 Å². The van der Waals surface area contributed by atoms with Crippen LogP contribution in [-0.4, -0.2) is 12.8 Å². The predicted octanol–water partition coefficient (Wildman–Crippen LogP) is 3.74. The van der Waals surface area contributed by atoms with Crippen LogP contribution in [0.3, 0.4) is 0 Å². The lowest BCUT2D eigenvalue weighted by atomic mass is 10.1. The summed E-state index contributed by atoms with van der Waals surface area (Å²) in [5.41, 5.74) is 1.72. The van der Waals surface area contributed by atoms with E-state index in [1.165, 1.54) is 0 Å². The first kappa shape index (κ1) is 12.9. The Bertz CT molecular complexity index is 382. The summed E-state index contributed by atoms with van der Waals surface area (Å²) in [6, 6.07) is 8.22. The lowest BCUT2D eigenvalue weighted by molar-refractivity contribution is 0.593. The molecule has 1 N–H and O–H groups in total. The van der Waals surface area contributed by atoms with Gasteiger partial charge >= 0.3 is 0 Å². The smallest absolute Gasteiger partial charge is 0.102 e. The Morgan fingerprint density at radius 2 is 2.25 bits per heavy atom. The van der Waals surface area contributed by atoms with E-state index in [1.807, 2.05) is 24.5 Å². The summed E-state index contributed by atoms with van der Waals surface area (Å²) in [6.45, 7) is 5.30. The first-order valence-electron chi connectivity index (χ1n) is 5.53. The van der Waals surface area contributed by atoms with E-state index < -0.39 is 0 Å². The molecule has 1 rings (SSSR count). The molecule has 1 atom stereocenters. The molecule has 1 aromatic rings. The molecule has 0 aliphatic heterocycles. The third-order valence-electron chi connectivity index (χ3n) is 2.70. The van der Waals surface area contributed by atoms with Crippen molar-refractivity contribution in [2.24, 2.45) is 5.92 Å². The molecular formula is C13H18N2S. The maximum absolute atomic E-state index is 9.15. The van der Waals surface area contributed by atoms with E-state index in [0.29, 0.717) is 5.92 Å². The van der Waals surface area contributed by atoms with Gasteiger partial charge in [0.1, 0.15) is 6.07 Å². The summed E-state index contributed by atoms with van der Waals surface area (Å²) in [4.78, 5) is 1.04. The fourth-order valence-corrected chi connectivity index (χ4v) is 1.97. The van der Waals surface area contributed by atoms with E-state index >= 15 is 0 Å². The number of rotatable bonds is 5. The highest BCUT2D eigenvalue weighted by Gasteiger charge is 2.07. The molecule has 0 bridgehead atoms. The molecule has 0 saturated heterocycles. The average molecular weight is 234 g/mol. The number of benzene rings is 1. The van der Waals surface area contributed by atoms with Crippen molar-refractivity contribution in [2.45, 2.75) is 25.2 Å². The number of nitriles is 1. The van der Waals surface area contributed by atoms with Gasteiger partial charge in [-0.2, -0.15) is 5.26 Å². The number of nitrogens with zero attached hydrogens (tertiary/aromatic N) is 1. The van der Waals surface area contributed by atoms with E-state index in [-0.39, 0.29) is 0 Å². The van der Waals surface area contributed by atoms with Gasteiger partial charge in [-0.05, 0) is 24.3 Å². The first-order chi connectivity index (χ1) is 7.72. The second-order valence-corrected chi connectivity index (χ2v) is 4.74. The zero-order chi connectivity index (χ0) is 12.0. The van der Waals surface area contributed by atoms with Crippen molar-refractivity contribution in [3.05, 3.63) is 23.8 Å². The van der Waals surface area contributed by atoms with Crippen LogP contribution in [0.25, 0.3) is 0 Å². The third-order valence-corrected chi connectivity index (χ3v) is 3.48. The summed E-state index contributed by atoms with van der Waals surface area (Å²) in [5, 5.41) is 12.5. The van der Waals surface area contributed by atoms with Gasteiger partial charge in [-0.15, -0.1) is 11.8 Å². The molecule has 0 radical (unpaired) electrons. The molecule has 0 fully saturated rings. The topological polar surface area (TPSA) is 35.8 Å². The van der Waals surface area contributed by atoms with Crippen LogP contribution in [0.2, 0.25) is 0 Å². The van der Waals surface area contributed by atoms with Gasteiger partial charge in [0.05, 0.1) is 11.3 Å². The maximum atomic E-state index is 9.15. The monoisotopic (exact) mass is 234 g/mol. The fraction of sp³-hybridized carbons (Fsp3) is 0.462. The van der Waals surface area contributed by atoms with Crippen molar-refractivity contribution in [2.75, 3.05) is 18.1 Å². The van der Waals surface area contributed by atoms with Gasteiger partial charge in [0.2, 0.25) is 0 Å². The molecule has 0 heterocycles. The second-order valence-electron chi connectivity index (χ2n) is 3.89. The lowest BCUT2D eigenvalue weighted by Gasteiger charge is -2.13. The Morgan fingerprint density at radius 3 is 2.81 bits per heavy atom. The fourth-order valence-electron chi connectivity index (χ4n) is 1.39. The van der Waals surface area contributed by atoms with Crippen LogP contribution in [0.5, 0.6) is 0 Å². The van der Waals surface area contributed by atoms with Crippen LogP contribution in [0.15, 0.2) is 23.1 Å². The summed E-state index contributed by atoms with van der Waals surface area (Å²) in [6.07, 6.45) is 3.14. The van der Waals surface area contributed by atoms with Gasteiger partial charge in [-0.25, -0.2) is 0 Å². The molecule has 1 aromatic carbocycles. The Balaban J connectivity index is 2.84. The van der Waals surface area contributed by atoms with Crippen LogP contribution >= 0.6 is 11.8 Å². The van der Waals surface area contributed by atoms with Crippen molar-refractivity contribution >= 4 is 17.4 Å². The number of hydrogen-bond acceptors (Lipinski definition) is 3. The van der Waals surface area contributed by atoms with Crippen LogP contribution in [0, 0.1) is 17.2 Å². The molecule has 0 aromatic heterocycles. The van der Waals surface area contributed by atoms with E-state index in [1.54, 1.807) is 11.8 Å². The molecule has 2 nitrogen and oxygen atoms in total. The normalized spacial score (nSPS) is 11.9. The van der Waals surface area contributed by atoms with Gasteiger partial charge in [-0.1, -0.05) is 26.3 Å². The van der Waals surface area contributed by atoms with Crippen molar-refractivity contribution in [1.82, 2.24) is 0 Å². The van der Waals surface area contributed by atoms with E-state index in [4.69, 9.17) is 5.26 Å². The highest BCUT2D eigenvalue weighted by molar-refractivity contribution is 7.98. The minimum atomic E-state index is 0.629. The predicted molar refractivity (Wildman–Crippen MR) is 70.9 cm³/mol. The zero-order valence-electron chi connectivity index (χ0n) is 10.1. The Morgan fingerprint density at radius 1 is 1.50 bits per heavy atom. The Labute approximate surface area is 102 Å². The first-order valence-corrected chi connectivity index (χ1v) is 6.76. The molecule has 86 valence electrons. The van der Waals surface area contributed by atoms with Gasteiger partial charge in [0.25, 0.3) is 0 Å². The molecule has 3 heteroatoms. The van der Waals surface area contributed by atoms with Gasteiger partial charge in [0.15, 0.2) is 0 Å². The summed E-state index contributed by atoms with van der Waals surface area (Å²) < 4.78 is 0. The number of nitrogens with one attached hydrogen (secondary N) is 1. The van der Waals surface area contributed by atoms with Crippen molar-refractivity contribution < 1.29 is 0 Å². The molecule has 16 heavy (non-hydrogen) atoms. The largest absolute Gasteiger partial charge is 0.384 e. The van der Waals surface area contributed by atoms with E-state index in [0.717, 1.165) is 29.1 Å². The number of anilines is 1. The molecule has 0 saturated carbocycles. The Kier molecular flexibility index (Phi) is 5.21. The van der Waals surface area contributed by atoms with Crippen LogP contribution in [-0.2, 0) is 0 Å². The van der Waals surface area contributed by atoms with Crippen LogP contribution in [0.1, 0.15) is 25.8 Å². The molecule has 0 aliphatic rings. The number of hydrogen-bond donors (Lipinski definition) is 1. The third kappa shape index (κ3) is 3.18. The highest BCUT2D eigenvalue weighted by Crippen LogP contribution is 2.26. The minimum Gasteiger partial charge on any atom is -0.384 e.